The molecular weight excluding hydrogens is 276 g/mol. The van der Waals surface area contributed by atoms with Crippen LogP contribution in [0.4, 0.5) is 8.78 Å². The van der Waals surface area contributed by atoms with Crippen molar-refractivity contribution in [1.82, 2.24) is 0 Å². The molecule has 0 atom stereocenters. The van der Waals surface area contributed by atoms with Gasteiger partial charge in [0.25, 0.3) is 5.92 Å². The van der Waals surface area contributed by atoms with Gasteiger partial charge in [-0.3, -0.25) is 5.41 Å². The van der Waals surface area contributed by atoms with Crippen molar-refractivity contribution >= 4 is 5.90 Å². The number of halogens is 2. The molecule has 1 aliphatic rings. The number of hydrogen-bond donors (Lipinski definition) is 1. The van der Waals surface area contributed by atoms with Crippen LogP contribution < -0.4 is 4.74 Å². The molecule has 2 aromatic carbocycles. The molecule has 0 saturated heterocycles. The minimum atomic E-state index is -3.06. The zero-order valence-electron chi connectivity index (χ0n) is 11.5. The van der Waals surface area contributed by atoms with Gasteiger partial charge < -0.3 is 9.47 Å². The lowest BCUT2D eigenvalue weighted by molar-refractivity contribution is 0.0478. The molecule has 108 valence electrons. The van der Waals surface area contributed by atoms with Crippen molar-refractivity contribution in [3.05, 3.63) is 53.1 Å². The lowest BCUT2D eigenvalue weighted by Gasteiger charge is -2.13. The Labute approximate surface area is 120 Å². The van der Waals surface area contributed by atoms with E-state index in [-0.39, 0.29) is 17.0 Å². The fourth-order valence-electron chi connectivity index (χ4n) is 2.59. The highest BCUT2D eigenvalue weighted by atomic mass is 19.3. The van der Waals surface area contributed by atoms with Gasteiger partial charge in [0.05, 0.1) is 14.2 Å². The van der Waals surface area contributed by atoms with Crippen molar-refractivity contribution < 1.29 is 18.3 Å². The molecule has 21 heavy (non-hydrogen) atoms. The molecule has 0 spiro atoms. The van der Waals surface area contributed by atoms with E-state index in [1.54, 1.807) is 18.2 Å². The summed E-state index contributed by atoms with van der Waals surface area (Å²) in [5.74, 6) is -2.72. The Morgan fingerprint density at radius 1 is 1.00 bits per heavy atom. The maximum Gasteiger partial charge on any atom is 0.299 e. The largest absolute Gasteiger partial charge is 0.497 e. The molecule has 0 radical (unpaired) electrons. The molecule has 0 bridgehead atoms. The van der Waals surface area contributed by atoms with Crippen molar-refractivity contribution in [2.75, 3.05) is 14.2 Å². The van der Waals surface area contributed by atoms with Gasteiger partial charge in [0.15, 0.2) is 0 Å². The molecule has 0 fully saturated rings. The Morgan fingerprint density at radius 2 is 1.76 bits per heavy atom. The Balaban J connectivity index is 2.23. The summed E-state index contributed by atoms with van der Waals surface area (Å²) < 4.78 is 38.9. The number of fused-ring (bicyclic) bond motifs is 3. The van der Waals surface area contributed by atoms with Crippen LogP contribution in [0.1, 0.15) is 16.7 Å². The van der Waals surface area contributed by atoms with E-state index in [0.717, 1.165) is 0 Å². The molecule has 0 saturated carbocycles. The van der Waals surface area contributed by atoms with Crippen LogP contribution in [-0.4, -0.2) is 20.1 Å². The number of rotatable bonds is 2. The van der Waals surface area contributed by atoms with E-state index in [9.17, 15) is 8.78 Å². The first kappa shape index (κ1) is 13.5. The maximum atomic E-state index is 14.5. The molecule has 0 aliphatic heterocycles. The van der Waals surface area contributed by atoms with Crippen LogP contribution in [0.25, 0.3) is 11.1 Å². The number of nitrogens with one attached hydrogen (secondary N) is 1. The minimum Gasteiger partial charge on any atom is -0.497 e. The molecule has 1 aliphatic carbocycles. The highest BCUT2D eigenvalue weighted by Gasteiger charge is 2.44. The minimum absolute atomic E-state index is 0.0527. The first-order valence-electron chi connectivity index (χ1n) is 6.33. The van der Waals surface area contributed by atoms with Crippen LogP contribution in [-0.2, 0) is 10.7 Å². The summed E-state index contributed by atoms with van der Waals surface area (Å²) in [6.45, 7) is 0. The van der Waals surface area contributed by atoms with Crippen LogP contribution in [0.3, 0.4) is 0 Å². The lowest BCUT2D eigenvalue weighted by atomic mass is 10.0. The molecule has 5 heteroatoms. The third-order valence-corrected chi connectivity index (χ3v) is 3.68. The Kier molecular flexibility index (Phi) is 2.93. The van der Waals surface area contributed by atoms with Crippen molar-refractivity contribution in [3.63, 3.8) is 0 Å². The second-order valence-corrected chi connectivity index (χ2v) is 4.78. The van der Waals surface area contributed by atoms with Crippen LogP contribution in [0.15, 0.2) is 36.4 Å². The van der Waals surface area contributed by atoms with Crippen molar-refractivity contribution in [3.8, 4) is 16.9 Å². The maximum absolute atomic E-state index is 14.5. The standard InChI is InChI=1S/C16H13F2NO2/c1-20-10-4-5-11-12-7-9(15(19)21-2)3-6-13(12)16(17,18)14(11)8-10/h3-8,19H,1-2H3. The summed E-state index contributed by atoms with van der Waals surface area (Å²) in [5.41, 5.74) is 1.23. The topological polar surface area (TPSA) is 42.3 Å². The van der Waals surface area contributed by atoms with Gasteiger partial charge in [0.2, 0.25) is 5.90 Å². The average molecular weight is 289 g/mol. The van der Waals surface area contributed by atoms with Gasteiger partial charge in [-0.25, -0.2) is 0 Å². The highest BCUT2D eigenvalue weighted by Crippen LogP contribution is 2.52. The number of ether oxygens (including phenoxy) is 2. The van der Waals surface area contributed by atoms with E-state index >= 15 is 0 Å². The quantitative estimate of drug-likeness (QED) is 0.675. The van der Waals surface area contributed by atoms with Crippen LogP contribution in [0.5, 0.6) is 5.75 Å². The van der Waals surface area contributed by atoms with E-state index in [2.05, 4.69) is 0 Å². The van der Waals surface area contributed by atoms with Gasteiger partial charge in [-0.2, -0.15) is 8.78 Å². The first-order chi connectivity index (χ1) is 9.98. The molecule has 3 rings (SSSR count). The van der Waals surface area contributed by atoms with E-state index < -0.39 is 5.92 Å². The van der Waals surface area contributed by atoms with E-state index in [1.807, 2.05) is 0 Å². The Morgan fingerprint density at radius 3 is 2.43 bits per heavy atom. The molecule has 3 nitrogen and oxygen atoms in total. The predicted octanol–water partition coefficient (Wildman–Crippen LogP) is 3.79. The molecule has 0 heterocycles. The van der Waals surface area contributed by atoms with E-state index in [1.165, 1.54) is 32.4 Å². The predicted molar refractivity (Wildman–Crippen MR) is 75.3 cm³/mol. The van der Waals surface area contributed by atoms with Gasteiger partial charge in [0, 0.05) is 16.7 Å². The molecule has 1 N–H and O–H groups in total. The van der Waals surface area contributed by atoms with E-state index in [0.29, 0.717) is 22.4 Å². The summed E-state index contributed by atoms with van der Waals surface area (Å²) in [7, 11) is 2.82. The Hall–Kier alpha value is -2.43. The Bertz CT molecular complexity index is 741. The van der Waals surface area contributed by atoms with Crippen molar-refractivity contribution in [2.45, 2.75) is 5.92 Å². The smallest absolute Gasteiger partial charge is 0.299 e. The zero-order chi connectivity index (χ0) is 15.2. The number of alkyl halides is 2. The van der Waals surface area contributed by atoms with Gasteiger partial charge in [0.1, 0.15) is 5.75 Å². The van der Waals surface area contributed by atoms with Gasteiger partial charge in [-0.15, -0.1) is 0 Å². The summed E-state index contributed by atoms with van der Waals surface area (Å²) in [4.78, 5) is 0. The number of benzene rings is 2. The zero-order valence-corrected chi connectivity index (χ0v) is 11.5. The fourth-order valence-corrected chi connectivity index (χ4v) is 2.59. The van der Waals surface area contributed by atoms with Gasteiger partial charge in [-0.05, 0) is 35.4 Å². The molecular formula is C16H13F2NO2. The van der Waals surface area contributed by atoms with Crippen molar-refractivity contribution in [1.29, 1.82) is 5.41 Å². The van der Waals surface area contributed by atoms with Crippen LogP contribution >= 0.6 is 0 Å². The van der Waals surface area contributed by atoms with Crippen molar-refractivity contribution in [2.24, 2.45) is 0 Å². The third kappa shape index (κ3) is 1.88. The second kappa shape index (κ2) is 4.55. The summed E-state index contributed by atoms with van der Waals surface area (Å²) in [6, 6.07) is 9.02. The highest BCUT2D eigenvalue weighted by molar-refractivity contribution is 5.94. The van der Waals surface area contributed by atoms with Crippen LogP contribution in [0.2, 0.25) is 0 Å². The molecule has 0 amide bonds. The van der Waals surface area contributed by atoms with Gasteiger partial charge in [-0.1, -0.05) is 12.1 Å². The summed E-state index contributed by atoms with van der Waals surface area (Å²) in [5, 5.41) is 7.66. The third-order valence-electron chi connectivity index (χ3n) is 3.68. The monoisotopic (exact) mass is 289 g/mol. The lowest BCUT2D eigenvalue weighted by Crippen LogP contribution is -2.11. The SMILES string of the molecule is COC(=N)c1ccc2c(c1)-c1ccc(OC)cc1C2(F)F. The van der Waals surface area contributed by atoms with Gasteiger partial charge >= 0.3 is 0 Å². The van der Waals surface area contributed by atoms with E-state index in [4.69, 9.17) is 14.9 Å². The normalized spacial score (nSPS) is 14.3. The number of methoxy groups -OCH3 is 2. The fraction of sp³-hybridized carbons (Fsp3) is 0.188. The molecule has 0 aromatic heterocycles. The molecule has 2 aromatic rings. The number of hydrogen-bond acceptors (Lipinski definition) is 3. The summed E-state index contributed by atoms with van der Waals surface area (Å²) >= 11 is 0. The second-order valence-electron chi connectivity index (χ2n) is 4.78. The average Bonchev–Trinajstić information content (AvgIpc) is 2.74. The first-order valence-corrected chi connectivity index (χ1v) is 6.33. The summed E-state index contributed by atoms with van der Waals surface area (Å²) in [6.07, 6.45) is 0. The molecule has 0 unspecified atom stereocenters. The van der Waals surface area contributed by atoms with Crippen LogP contribution in [0, 0.1) is 5.41 Å².